The van der Waals surface area contributed by atoms with E-state index < -0.39 is 29.3 Å². The Hall–Kier alpha value is -3.42. The van der Waals surface area contributed by atoms with Gasteiger partial charge in [0.05, 0.1) is 18.1 Å². The molecule has 0 fully saturated rings. The quantitative estimate of drug-likeness (QED) is 0.596. The van der Waals surface area contributed by atoms with E-state index in [-0.39, 0.29) is 11.3 Å². The molecule has 8 heteroatoms. The van der Waals surface area contributed by atoms with Crippen LogP contribution in [0.15, 0.2) is 48.5 Å². The number of carboxylic acid groups (broad SMARTS) is 1. The van der Waals surface area contributed by atoms with Crippen LogP contribution in [-0.4, -0.2) is 23.9 Å². The van der Waals surface area contributed by atoms with Crippen LogP contribution in [0, 0.1) is 10.1 Å². The molecule has 0 aliphatic heterocycles. The van der Waals surface area contributed by atoms with E-state index in [1.165, 1.54) is 31.4 Å². The molecular formula is C17H15N2O6-. The number of nitrogens with zero attached hydrogens (tertiary/aromatic N) is 1. The Morgan fingerprint density at radius 3 is 2.36 bits per heavy atom. The molecule has 1 unspecified atom stereocenters. The van der Waals surface area contributed by atoms with Crippen molar-refractivity contribution in [1.29, 1.82) is 0 Å². The lowest BCUT2D eigenvalue weighted by Gasteiger charge is -2.20. The maximum atomic E-state index is 12.4. The first kappa shape index (κ1) is 17.9. The number of ether oxygens (including phenoxy) is 1. The maximum Gasteiger partial charge on any atom is 0.282 e. The number of hydrogen-bond donors (Lipinski definition) is 1. The van der Waals surface area contributed by atoms with Gasteiger partial charge in [0.25, 0.3) is 11.6 Å². The zero-order valence-electron chi connectivity index (χ0n) is 13.3. The van der Waals surface area contributed by atoms with Crippen LogP contribution in [0.25, 0.3) is 0 Å². The number of rotatable bonds is 7. The van der Waals surface area contributed by atoms with Gasteiger partial charge in [0.1, 0.15) is 11.3 Å². The first-order valence-corrected chi connectivity index (χ1v) is 7.30. The zero-order valence-corrected chi connectivity index (χ0v) is 13.3. The van der Waals surface area contributed by atoms with E-state index in [4.69, 9.17) is 4.74 Å². The molecule has 8 nitrogen and oxygen atoms in total. The van der Waals surface area contributed by atoms with Crippen LogP contribution < -0.4 is 15.2 Å². The van der Waals surface area contributed by atoms with E-state index in [9.17, 15) is 24.8 Å². The minimum atomic E-state index is -1.36. The van der Waals surface area contributed by atoms with Gasteiger partial charge in [0, 0.05) is 18.5 Å². The lowest BCUT2D eigenvalue weighted by atomic mass is 10.0. The Kier molecular flexibility index (Phi) is 5.67. The molecule has 0 radical (unpaired) electrons. The zero-order chi connectivity index (χ0) is 18.4. The van der Waals surface area contributed by atoms with Crippen LogP contribution in [0.4, 0.5) is 5.69 Å². The fourth-order valence-corrected chi connectivity index (χ4v) is 2.32. The number of methoxy groups -OCH3 is 1. The first-order chi connectivity index (χ1) is 11.9. The first-order valence-electron chi connectivity index (χ1n) is 7.30. The number of aliphatic carboxylic acids is 1. The topological polar surface area (TPSA) is 122 Å². The summed E-state index contributed by atoms with van der Waals surface area (Å²) >= 11 is 0. The molecule has 130 valence electrons. The lowest BCUT2D eigenvalue weighted by Crippen LogP contribution is -2.34. The molecule has 0 saturated carbocycles. The van der Waals surface area contributed by atoms with E-state index in [1.54, 1.807) is 24.3 Å². The van der Waals surface area contributed by atoms with Gasteiger partial charge in [-0.2, -0.15) is 0 Å². The summed E-state index contributed by atoms with van der Waals surface area (Å²) in [5.41, 5.74) is 0.00299. The fraction of sp³-hybridized carbons (Fsp3) is 0.176. The molecule has 0 heterocycles. The van der Waals surface area contributed by atoms with Gasteiger partial charge in [-0.05, 0) is 23.8 Å². The molecule has 0 saturated heterocycles. The van der Waals surface area contributed by atoms with Gasteiger partial charge < -0.3 is 20.0 Å². The number of nitrogens with one attached hydrogen (secondary N) is 1. The third-order valence-electron chi connectivity index (χ3n) is 3.54. The van der Waals surface area contributed by atoms with Gasteiger partial charge in [0.2, 0.25) is 0 Å². The van der Waals surface area contributed by atoms with Crippen LogP contribution in [-0.2, 0) is 4.79 Å². The number of amides is 1. The molecule has 0 aliphatic rings. The molecule has 2 aromatic carbocycles. The Labute approximate surface area is 143 Å². The molecule has 2 aromatic rings. The van der Waals surface area contributed by atoms with Crippen molar-refractivity contribution in [2.24, 2.45) is 0 Å². The molecule has 0 aliphatic carbocycles. The molecule has 2 rings (SSSR count). The molecule has 0 aromatic heterocycles. The van der Waals surface area contributed by atoms with Crippen molar-refractivity contribution in [2.45, 2.75) is 12.5 Å². The number of carbonyl (C=O) groups excluding carboxylic acids is 2. The second kappa shape index (κ2) is 7.91. The Bertz CT molecular complexity index is 788. The van der Waals surface area contributed by atoms with Crippen molar-refractivity contribution in [3.8, 4) is 5.75 Å². The van der Waals surface area contributed by atoms with Crippen LogP contribution in [0.3, 0.4) is 0 Å². The minimum Gasteiger partial charge on any atom is -0.550 e. The highest BCUT2D eigenvalue weighted by molar-refractivity contribution is 5.98. The SMILES string of the molecule is COc1ccc(C(CC(=O)[O-])NC(=O)c2ccccc2[N+](=O)[O-])cc1. The summed E-state index contributed by atoms with van der Waals surface area (Å²) in [6.45, 7) is 0. The third-order valence-corrected chi connectivity index (χ3v) is 3.54. The van der Waals surface area contributed by atoms with Crippen molar-refractivity contribution in [3.05, 3.63) is 69.8 Å². The fourth-order valence-electron chi connectivity index (χ4n) is 2.32. The summed E-state index contributed by atoms with van der Waals surface area (Å²) < 4.78 is 5.03. The van der Waals surface area contributed by atoms with Crippen molar-refractivity contribution in [1.82, 2.24) is 5.32 Å². The Balaban J connectivity index is 2.29. The van der Waals surface area contributed by atoms with Crippen molar-refractivity contribution in [2.75, 3.05) is 7.11 Å². The van der Waals surface area contributed by atoms with E-state index in [2.05, 4.69) is 5.32 Å². The second-order valence-corrected chi connectivity index (χ2v) is 5.15. The Morgan fingerprint density at radius 1 is 1.16 bits per heavy atom. The molecular weight excluding hydrogens is 328 g/mol. The van der Waals surface area contributed by atoms with Gasteiger partial charge >= 0.3 is 0 Å². The number of benzene rings is 2. The predicted molar refractivity (Wildman–Crippen MR) is 85.9 cm³/mol. The summed E-state index contributed by atoms with van der Waals surface area (Å²) in [6, 6.07) is 11.0. The standard InChI is InChI=1S/C17H16N2O6/c1-25-12-8-6-11(7-9-12)14(10-16(20)21)18-17(22)13-4-2-3-5-15(13)19(23)24/h2-9,14H,10H2,1H3,(H,18,22)(H,20,21)/p-1. The summed E-state index contributed by atoms with van der Waals surface area (Å²) in [6.07, 6.45) is -0.474. The number of carboxylic acids is 1. The highest BCUT2D eigenvalue weighted by Gasteiger charge is 2.22. The summed E-state index contributed by atoms with van der Waals surface area (Å²) in [4.78, 5) is 33.8. The van der Waals surface area contributed by atoms with E-state index in [0.29, 0.717) is 11.3 Å². The average molecular weight is 343 g/mol. The number of carbonyl (C=O) groups is 2. The Morgan fingerprint density at radius 2 is 1.80 bits per heavy atom. The number of nitro groups is 1. The molecule has 1 N–H and O–H groups in total. The third kappa shape index (κ3) is 4.54. The molecule has 1 atom stereocenters. The second-order valence-electron chi connectivity index (χ2n) is 5.15. The van der Waals surface area contributed by atoms with Crippen molar-refractivity contribution in [3.63, 3.8) is 0 Å². The van der Waals surface area contributed by atoms with Crippen LogP contribution in [0.5, 0.6) is 5.75 Å². The smallest absolute Gasteiger partial charge is 0.282 e. The molecule has 25 heavy (non-hydrogen) atoms. The monoisotopic (exact) mass is 343 g/mol. The van der Waals surface area contributed by atoms with Gasteiger partial charge in [-0.25, -0.2) is 0 Å². The predicted octanol–water partition coefficient (Wildman–Crippen LogP) is 1.21. The minimum absolute atomic E-state index is 0.149. The van der Waals surface area contributed by atoms with Crippen LogP contribution in [0.1, 0.15) is 28.4 Å². The lowest BCUT2D eigenvalue weighted by molar-refractivity contribution is -0.385. The summed E-state index contributed by atoms with van der Waals surface area (Å²) in [5.74, 6) is -1.53. The number of nitro benzene ring substituents is 1. The van der Waals surface area contributed by atoms with Crippen LogP contribution >= 0.6 is 0 Å². The van der Waals surface area contributed by atoms with E-state index >= 15 is 0 Å². The van der Waals surface area contributed by atoms with Gasteiger partial charge in [-0.15, -0.1) is 0 Å². The molecule has 1 amide bonds. The van der Waals surface area contributed by atoms with Crippen LogP contribution in [0.2, 0.25) is 0 Å². The highest BCUT2D eigenvalue weighted by atomic mass is 16.6. The van der Waals surface area contributed by atoms with E-state index in [0.717, 1.165) is 0 Å². The van der Waals surface area contributed by atoms with Crippen molar-refractivity contribution >= 4 is 17.6 Å². The maximum absolute atomic E-state index is 12.4. The largest absolute Gasteiger partial charge is 0.550 e. The molecule has 0 spiro atoms. The van der Waals surface area contributed by atoms with Crippen molar-refractivity contribution < 1.29 is 24.4 Å². The summed E-state index contributed by atoms with van der Waals surface area (Å²) in [5, 5.41) is 24.6. The number of hydrogen-bond acceptors (Lipinski definition) is 6. The van der Waals surface area contributed by atoms with Gasteiger partial charge in [0.15, 0.2) is 0 Å². The number of para-hydroxylation sites is 1. The van der Waals surface area contributed by atoms with E-state index in [1.807, 2.05) is 0 Å². The van der Waals surface area contributed by atoms with Gasteiger partial charge in [-0.1, -0.05) is 24.3 Å². The average Bonchev–Trinajstić information content (AvgIpc) is 2.60. The summed E-state index contributed by atoms with van der Waals surface area (Å²) in [7, 11) is 1.49. The highest BCUT2D eigenvalue weighted by Crippen LogP contribution is 2.23. The normalized spacial score (nSPS) is 11.4. The van der Waals surface area contributed by atoms with Gasteiger partial charge in [-0.3, -0.25) is 14.9 Å². The molecule has 0 bridgehead atoms.